The van der Waals surface area contributed by atoms with E-state index in [2.05, 4.69) is 15.6 Å². The third-order valence-corrected chi connectivity index (χ3v) is 3.81. The zero-order chi connectivity index (χ0) is 19.2. The van der Waals surface area contributed by atoms with Crippen LogP contribution in [0.1, 0.15) is 24.9 Å². The monoisotopic (exact) mass is 496 g/mol. The third kappa shape index (κ3) is 11.5. The van der Waals surface area contributed by atoms with E-state index in [1.54, 1.807) is 19.2 Å². The minimum atomic E-state index is -0.225. The Morgan fingerprint density at radius 1 is 1.22 bits per heavy atom. The summed E-state index contributed by atoms with van der Waals surface area (Å²) in [6, 6.07) is 6.70. The van der Waals surface area contributed by atoms with E-state index in [-0.39, 0.29) is 35.8 Å². The first-order chi connectivity index (χ1) is 12.6. The predicted molar refractivity (Wildman–Crippen MR) is 120 cm³/mol. The van der Waals surface area contributed by atoms with Crippen LogP contribution in [0.5, 0.6) is 0 Å². The Morgan fingerprint density at radius 2 is 2.00 bits per heavy atom. The van der Waals surface area contributed by atoms with Crippen LogP contribution in [0.2, 0.25) is 0 Å². The van der Waals surface area contributed by atoms with Crippen LogP contribution >= 0.6 is 24.0 Å². The molecule has 0 spiro atoms. The maximum Gasteiger partial charge on any atom is 0.191 e. The molecule has 0 saturated carbocycles. The second-order valence-corrected chi connectivity index (χ2v) is 6.14. The molecule has 1 aromatic rings. The number of benzene rings is 1. The highest BCUT2D eigenvalue weighted by Crippen LogP contribution is 2.19. The standard InChI is InChI=1S/C19H33FN4O2.HI/c1-5-21-19(22-10-7-11-26-13-12-25-4)23-15-18(24(2)3)16-8-6-9-17(20)14-16;/h6,8-9,14,18H,5,7,10-13,15H2,1-4H3,(H2,21,22,23);1H. The summed E-state index contributed by atoms with van der Waals surface area (Å²) in [7, 11) is 5.61. The molecule has 8 heteroatoms. The fraction of sp³-hybridized carbons (Fsp3) is 0.632. The van der Waals surface area contributed by atoms with Crippen LogP contribution in [-0.2, 0) is 9.47 Å². The van der Waals surface area contributed by atoms with Gasteiger partial charge in [0, 0.05) is 26.8 Å². The van der Waals surface area contributed by atoms with Crippen LogP contribution in [-0.4, -0.2) is 71.5 Å². The Kier molecular flexibility index (Phi) is 15.5. The highest BCUT2D eigenvalue weighted by molar-refractivity contribution is 14.0. The molecule has 0 amide bonds. The van der Waals surface area contributed by atoms with Crippen LogP contribution < -0.4 is 10.6 Å². The number of nitrogens with zero attached hydrogens (tertiary/aromatic N) is 2. The first-order valence-corrected chi connectivity index (χ1v) is 9.09. The maximum absolute atomic E-state index is 13.5. The molecular formula is C19H34FIN4O2. The second-order valence-electron chi connectivity index (χ2n) is 6.14. The van der Waals surface area contributed by atoms with Crippen LogP contribution in [0, 0.1) is 5.82 Å². The van der Waals surface area contributed by atoms with E-state index >= 15 is 0 Å². The van der Waals surface area contributed by atoms with Gasteiger partial charge in [-0.2, -0.15) is 0 Å². The molecule has 6 nitrogen and oxygen atoms in total. The first kappa shape index (κ1) is 26.0. The van der Waals surface area contributed by atoms with Crippen LogP contribution in [0.3, 0.4) is 0 Å². The maximum atomic E-state index is 13.5. The molecule has 0 aliphatic carbocycles. The number of nitrogens with one attached hydrogen (secondary N) is 2. The number of ether oxygens (including phenoxy) is 2. The van der Waals surface area contributed by atoms with Gasteiger partial charge in [-0.05, 0) is 45.1 Å². The molecule has 0 radical (unpaired) electrons. The Hall–Kier alpha value is -0.970. The van der Waals surface area contributed by atoms with Gasteiger partial charge in [-0.3, -0.25) is 4.99 Å². The number of hydrogen-bond donors (Lipinski definition) is 2. The Labute approximate surface area is 179 Å². The van der Waals surface area contributed by atoms with Crippen molar-refractivity contribution in [1.29, 1.82) is 0 Å². The molecule has 1 rings (SSSR count). The summed E-state index contributed by atoms with van der Waals surface area (Å²) in [6.45, 7) is 6.02. The van der Waals surface area contributed by atoms with Crippen molar-refractivity contribution >= 4 is 29.9 Å². The molecule has 156 valence electrons. The van der Waals surface area contributed by atoms with E-state index in [0.717, 1.165) is 31.0 Å². The van der Waals surface area contributed by atoms with Gasteiger partial charge in [0.1, 0.15) is 5.82 Å². The number of methoxy groups -OCH3 is 1. The van der Waals surface area contributed by atoms with Gasteiger partial charge in [-0.25, -0.2) is 4.39 Å². The van der Waals surface area contributed by atoms with Gasteiger partial charge in [-0.15, -0.1) is 24.0 Å². The molecule has 2 N–H and O–H groups in total. The summed E-state index contributed by atoms with van der Waals surface area (Å²) in [5.74, 6) is 0.532. The summed E-state index contributed by atoms with van der Waals surface area (Å²) in [5.41, 5.74) is 0.918. The average molecular weight is 496 g/mol. The Balaban J connectivity index is 0.00000676. The van der Waals surface area contributed by atoms with Gasteiger partial charge in [0.2, 0.25) is 0 Å². The number of rotatable bonds is 12. The zero-order valence-corrected chi connectivity index (χ0v) is 19.2. The van der Waals surface area contributed by atoms with Crippen molar-refractivity contribution in [2.45, 2.75) is 19.4 Å². The lowest BCUT2D eigenvalue weighted by atomic mass is 10.1. The van der Waals surface area contributed by atoms with Gasteiger partial charge in [0.25, 0.3) is 0 Å². The summed E-state index contributed by atoms with van der Waals surface area (Å²) in [5, 5.41) is 6.54. The molecule has 0 saturated heterocycles. The van der Waals surface area contributed by atoms with Crippen LogP contribution in [0.25, 0.3) is 0 Å². The Bertz CT molecular complexity index is 532. The van der Waals surface area contributed by atoms with Gasteiger partial charge in [0.05, 0.1) is 25.8 Å². The molecule has 0 fully saturated rings. The third-order valence-electron chi connectivity index (χ3n) is 3.81. The number of halogens is 2. The second kappa shape index (κ2) is 16.0. The lowest BCUT2D eigenvalue weighted by molar-refractivity contribution is 0.0698. The molecule has 0 aliphatic rings. The number of aliphatic imine (C=N–C) groups is 1. The lowest BCUT2D eigenvalue weighted by Crippen LogP contribution is -2.38. The summed E-state index contributed by atoms with van der Waals surface area (Å²) >= 11 is 0. The minimum absolute atomic E-state index is 0. The molecule has 1 aromatic carbocycles. The van der Waals surface area contributed by atoms with Gasteiger partial charge in [-0.1, -0.05) is 12.1 Å². The van der Waals surface area contributed by atoms with Gasteiger partial charge in [0.15, 0.2) is 5.96 Å². The van der Waals surface area contributed by atoms with Crippen LogP contribution in [0.4, 0.5) is 4.39 Å². The highest BCUT2D eigenvalue weighted by Gasteiger charge is 2.14. The van der Waals surface area contributed by atoms with Crippen molar-refractivity contribution in [3.63, 3.8) is 0 Å². The van der Waals surface area contributed by atoms with Crippen molar-refractivity contribution in [3.05, 3.63) is 35.6 Å². The fourth-order valence-electron chi connectivity index (χ4n) is 2.43. The molecule has 1 unspecified atom stereocenters. The van der Waals surface area contributed by atoms with Gasteiger partial charge < -0.3 is 25.0 Å². The van der Waals surface area contributed by atoms with E-state index in [4.69, 9.17) is 9.47 Å². The quantitative estimate of drug-likeness (QED) is 0.202. The van der Waals surface area contributed by atoms with E-state index < -0.39 is 0 Å². The molecule has 0 bridgehead atoms. The highest BCUT2D eigenvalue weighted by atomic mass is 127. The van der Waals surface area contributed by atoms with Crippen molar-refractivity contribution in [1.82, 2.24) is 15.5 Å². The topological polar surface area (TPSA) is 58.1 Å². The first-order valence-electron chi connectivity index (χ1n) is 9.09. The molecular weight excluding hydrogens is 462 g/mol. The summed E-state index contributed by atoms with van der Waals surface area (Å²) in [4.78, 5) is 6.70. The smallest absolute Gasteiger partial charge is 0.191 e. The van der Waals surface area contributed by atoms with Crippen molar-refractivity contribution < 1.29 is 13.9 Å². The predicted octanol–water partition coefficient (Wildman–Crippen LogP) is 2.65. The number of hydrogen-bond acceptors (Lipinski definition) is 4. The summed E-state index contributed by atoms with van der Waals surface area (Å²) < 4.78 is 23.9. The average Bonchev–Trinajstić information content (AvgIpc) is 2.60. The molecule has 0 heterocycles. The van der Waals surface area contributed by atoms with Crippen molar-refractivity contribution in [2.24, 2.45) is 4.99 Å². The SMILES string of the molecule is CCNC(=NCC(c1cccc(F)c1)N(C)C)NCCCOCCOC.I. The molecule has 1 atom stereocenters. The van der Waals surface area contributed by atoms with E-state index in [1.165, 1.54) is 6.07 Å². The minimum Gasteiger partial charge on any atom is -0.382 e. The number of likely N-dealkylation sites (N-methyl/N-ethyl adjacent to an activating group) is 1. The molecule has 0 aromatic heterocycles. The normalized spacial score (nSPS) is 12.6. The van der Waals surface area contributed by atoms with Gasteiger partial charge >= 0.3 is 0 Å². The van der Waals surface area contributed by atoms with E-state index in [9.17, 15) is 4.39 Å². The largest absolute Gasteiger partial charge is 0.382 e. The van der Waals surface area contributed by atoms with Crippen molar-refractivity contribution in [2.75, 3.05) is 60.7 Å². The van der Waals surface area contributed by atoms with E-state index in [1.807, 2.05) is 32.0 Å². The van der Waals surface area contributed by atoms with Crippen LogP contribution in [0.15, 0.2) is 29.3 Å². The lowest BCUT2D eigenvalue weighted by Gasteiger charge is -2.23. The Morgan fingerprint density at radius 3 is 2.63 bits per heavy atom. The zero-order valence-electron chi connectivity index (χ0n) is 16.8. The fourth-order valence-corrected chi connectivity index (χ4v) is 2.43. The molecule has 27 heavy (non-hydrogen) atoms. The summed E-state index contributed by atoms with van der Waals surface area (Å²) in [6.07, 6.45) is 0.884. The van der Waals surface area contributed by atoms with E-state index in [0.29, 0.717) is 26.4 Å². The molecule has 0 aliphatic heterocycles. The number of guanidine groups is 1. The van der Waals surface area contributed by atoms with Crippen molar-refractivity contribution in [3.8, 4) is 0 Å².